The van der Waals surface area contributed by atoms with Crippen LogP contribution in [0, 0.1) is 6.92 Å². The number of pyridine rings is 1. The number of benzene rings is 1. The van der Waals surface area contributed by atoms with Crippen LogP contribution in [-0.4, -0.2) is 34.8 Å². The Morgan fingerprint density at radius 1 is 1.04 bits per heavy atom. The fraction of sp³-hybridized carbons (Fsp3) is 0.316. The lowest BCUT2D eigenvalue weighted by Crippen LogP contribution is -2.32. The van der Waals surface area contributed by atoms with Crippen molar-refractivity contribution in [3.05, 3.63) is 65.0 Å². The molecule has 1 heterocycles. The summed E-state index contributed by atoms with van der Waals surface area (Å²) in [5, 5.41) is 2.84. The smallest absolute Gasteiger partial charge is 0.272 e. The Kier molecular flexibility index (Phi) is 6.07. The first-order valence-corrected chi connectivity index (χ1v) is 8.15. The zero-order valence-corrected chi connectivity index (χ0v) is 14.4. The van der Waals surface area contributed by atoms with Crippen molar-refractivity contribution in [2.45, 2.75) is 27.3 Å². The standard InChI is InChI=1S/C19H23N3O2/c1-4-22(5-2)19(24)17-11-7-10-16(21-17)18(23)20-13-15-9-6-8-14(3)12-15/h6-12H,4-5,13H2,1-3H3,(H,20,23). The van der Waals surface area contributed by atoms with E-state index in [0.29, 0.717) is 25.3 Å². The number of nitrogens with zero attached hydrogens (tertiary/aromatic N) is 2. The second-order valence-corrected chi connectivity index (χ2v) is 5.56. The average Bonchev–Trinajstić information content (AvgIpc) is 2.61. The van der Waals surface area contributed by atoms with Crippen LogP contribution in [0.2, 0.25) is 0 Å². The highest BCUT2D eigenvalue weighted by atomic mass is 16.2. The Morgan fingerprint density at radius 3 is 2.38 bits per heavy atom. The van der Waals surface area contributed by atoms with E-state index in [1.54, 1.807) is 23.1 Å². The summed E-state index contributed by atoms with van der Waals surface area (Å²) >= 11 is 0. The zero-order chi connectivity index (χ0) is 17.5. The molecule has 5 nitrogen and oxygen atoms in total. The number of carbonyl (C=O) groups excluding carboxylic acids is 2. The summed E-state index contributed by atoms with van der Waals surface area (Å²) in [6, 6.07) is 12.9. The van der Waals surface area contributed by atoms with Crippen molar-refractivity contribution in [2.24, 2.45) is 0 Å². The molecule has 1 N–H and O–H groups in total. The van der Waals surface area contributed by atoms with E-state index < -0.39 is 0 Å². The van der Waals surface area contributed by atoms with Crippen LogP contribution in [0.3, 0.4) is 0 Å². The molecular weight excluding hydrogens is 302 g/mol. The fourth-order valence-electron chi connectivity index (χ4n) is 2.45. The summed E-state index contributed by atoms with van der Waals surface area (Å²) in [7, 11) is 0. The van der Waals surface area contributed by atoms with Crippen LogP contribution in [0.5, 0.6) is 0 Å². The van der Waals surface area contributed by atoms with Crippen LogP contribution in [0.4, 0.5) is 0 Å². The average molecular weight is 325 g/mol. The van der Waals surface area contributed by atoms with E-state index >= 15 is 0 Å². The summed E-state index contributed by atoms with van der Waals surface area (Å²) in [5.41, 5.74) is 2.72. The van der Waals surface area contributed by atoms with Crippen LogP contribution in [-0.2, 0) is 6.54 Å². The molecule has 24 heavy (non-hydrogen) atoms. The van der Waals surface area contributed by atoms with Crippen LogP contribution >= 0.6 is 0 Å². The Labute approximate surface area is 142 Å². The SMILES string of the molecule is CCN(CC)C(=O)c1cccc(C(=O)NCc2cccc(C)c2)n1. The topological polar surface area (TPSA) is 62.3 Å². The predicted molar refractivity (Wildman–Crippen MR) is 93.8 cm³/mol. The number of hydrogen-bond acceptors (Lipinski definition) is 3. The normalized spacial score (nSPS) is 10.3. The molecule has 1 aromatic heterocycles. The molecule has 0 unspecified atom stereocenters. The van der Waals surface area contributed by atoms with Gasteiger partial charge in [-0.15, -0.1) is 0 Å². The van der Waals surface area contributed by atoms with Gasteiger partial charge >= 0.3 is 0 Å². The quantitative estimate of drug-likeness (QED) is 0.888. The number of rotatable bonds is 6. The van der Waals surface area contributed by atoms with Crippen LogP contribution in [0.1, 0.15) is 46.0 Å². The van der Waals surface area contributed by atoms with E-state index in [4.69, 9.17) is 0 Å². The molecule has 5 heteroatoms. The molecule has 0 aliphatic rings. The Balaban J connectivity index is 2.07. The zero-order valence-electron chi connectivity index (χ0n) is 14.4. The third-order valence-electron chi connectivity index (χ3n) is 3.79. The summed E-state index contributed by atoms with van der Waals surface area (Å²) in [4.78, 5) is 30.5. The highest BCUT2D eigenvalue weighted by Crippen LogP contribution is 2.06. The Morgan fingerprint density at radius 2 is 1.71 bits per heavy atom. The van der Waals surface area contributed by atoms with Gasteiger partial charge in [-0.3, -0.25) is 9.59 Å². The number of carbonyl (C=O) groups is 2. The predicted octanol–water partition coefficient (Wildman–Crippen LogP) is 2.80. The van der Waals surface area contributed by atoms with Gasteiger partial charge < -0.3 is 10.2 Å². The molecule has 0 radical (unpaired) electrons. The molecule has 0 saturated heterocycles. The number of hydrogen-bond donors (Lipinski definition) is 1. The van der Waals surface area contributed by atoms with Gasteiger partial charge in [0.15, 0.2) is 0 Å². The van der Waals surface area contributed by atoms with E-state index in [9.17, 15) is 9.59 Å². The van der Waals surface area contributed by atoms with Crippen molar-refractivity contribution in [3.8, 4) is 0 Å². The van der Waals surface area contributed by atoms with Crippen molar-refractivity contribution >= 4 is 11.8 Å². The minimum atomic E-state index is -0.286. The molecule has 2 aromatic rings. The lowest BCUT2D eigenvalue weighted by Gasteiger charge is -2.18. The molecule has 0 spiro atoms. The lowest BCUT2D eigenvalue weighted by molar-refractivity contribution is 0.0767. The van der Waals surface area contributed by atoms with Crippen molar-refractivity contribution in [1.29, 1.82) is 0 Å². The van der Waals surface area contributed by atoms with Gasteiger partial charge in [0.1, 0.15) is 11.4 Å². The molecule has 0 aliphatic carbocycles. The molecule has 0 bridgehead atoms. The number of nitrogens with one attached hydrogen (secondary N) is 1. The molecule has 2 rings (SSSR count). The second-order valence-electron chi connectivity index (χ2n) is 5.56. The van der Waals surface area contributed by atoms with Crippen molar-refractivity contribution in [2.75, 3.05) is 13.1 Å². The third-order valence-corrected chi connectivity index (χ3v) is 3.79. The molecule has 1 aromatic carbocycles. The van der Waals surface area contributed by atoms with Crippen molar-refractivity contribution in [3.63, 3.8) is 0 Å². The van der Waals surface area contributed by atoms with E-state index in [-0.39, 0.29) is 17.5 Å². The summed E-state index contributed by atoms with van der Waals surface area (Å²) in [6.45, 7) is 7.49. The van der Waals surface area contributed by atoms with Gasteiger partial charge in [0, 0.05) is 19.6 Å². The highest BCUT2D eigenvalue weighted by Gasteiger charge is 2.16. The largest absolute Gasteiger partial charge is 0.347 e. The Hall–Kier alpha value is -2.69. The maximum absolute atomic E-state index is 12.3. The van der Waals surface area contributed by atoms with E-state index in [0.717, 1.165) is 11.1 Å². The van der Waals surface area contributed by atoms with Gasteiger partial charge in [-0.2, -0.15) is 0 Å². The lowest BCUT2D eigenvalue weighted by atomic mass is 10.1. The molecule has 2 amide bonds. The van der Waals surface area contributed by atoms with Crippen molar-refractivity contribution < 1.29 is 9.59 Å². The highest BCUT2D eigenvalue weighted by molar-refractivity contribution is 5.96. The number of amides is 2. The molecule has 0 saturated carbocycles. The number of aromatic nitrogens is 1. The molecule has 0 atom stereocenters. The minimum Gasteiger partial charge on any atom is -0.347 e. The number of aryl methyl sites for hydroxylation is 1. The van der Waals surface area contributed by atoms with E-state index in [2.05, 4.69) is 10.3 Å². The molecular formula is C19H23N3O2. The van der Waals surface area contributed by atoms with Gasteiger partial charge in [0.25, 0.3) is 11.8 Å². The summed E-state index contributed by atoms with van der Waals surface area (Å²) in [6.07, 6.45) is 0. The fourth-order valence-corrected chi connectivity index (χ4v) is 2.45. The summed E-state index contributed by atoms with van der Waals surface area (Å²) in [5.74, 6) is -0.445. The van der Waals surface area contributed by atoms with E-state index in [1.807, 2.05) is 45.0 Å². The Bertz CT molecular complexity index is 724. The first kappa shape index (κ1) is 17.7. The first-order chi connectivity index (χ1) is 11.5. The maximum Gasteiger partial charge on any atom is 0.272 e. The molecule has 0 aliphatic heterocycles. The van der Waals surface area contributed by atoms with Gasteiger partial charge in [0.2, 0.25) is 0 Å². The van der Waals surface area contributed by atoms with Crippen LogP contribution in [0.15, 0.2) is 42.5 Å². The van der Waals surface area contributed by atoms with Gasteiger partial charge in [0.05, 0.1) is 0 Å². The van der Waals surface area contributed by atoms with Gasteiger partial charge in [-0.25, -0.2) is 4.98 Å². The van der Waals surface area contributed by atoms with Gasteiger partial charge in [-0.05, 0) is 38.5 Å². The van der Waals surface area contributed by atoms with Crippen LogP contribution < -0.4 is 5.32 Å². The first-order valence-electron chi connectivity index (χ1n) is 8.15. The van der Waals surface area contributed by atoms with Gasteiger partial charge in [-0.1, -0.05) is 35.9 Å². The minimum absolute atomic E-state index is 0.159. The molecule has 0 fully saturated rings. The maximum atomic E-state index is 12.3. The summed E-state index contributed by atoms with van der Waals surface area (Å²) < 4.78 is 0. The third kappa shape index (κ3) is 4.41. The van der Waals surface area contributed by atoms with E-state index in [1.165, 1.54) is 0 Å². The molecule has 126 valence electrons. The van der Waals surface area contributed by atoms with Crippen molar-refractivity contribution in [1.82, 2.24) is 15.2 Å². The van der Waals surface area contributed by atoms with Crippen LogP contribution in [0.25, 0.3) is 0 Å². The second kappa shape index (κ2) is 8.24. The monoisotopic (exact) mass is 325 g/mol.